The Morgan fingerprint density at radius 3 is 1.62 bits per heavy atom. The molecule has 0 atom stereocenters. The number of hydrogen-bond donors (Lipinski definition) is 0. The van der Waals surface area contributed by atoms with Gasteiger partial charge in [0.2, 0.25) is 0 Å². The van der Waals surface area contributed by atoms with Crippen LogP contribution in [-0.2, 0) is 0 Å². The van der Waals surface area contributed by atoms with E-state index in [2.05, 4.69) is 205 Å². The van der Waals surface area contributed by atoms with Gasteiger partial charge in [-0.3, -0.25) is 0 Å². The van der Waals surface area contributed by atoms with Crippen LogP contribution in [-0.4, -0.2) is 0 Å². The minimum absolute atomic E-state index is 0.922. The zero-order valence-corrected chi connectivity index (χ0v) is 30.6. The maximum absolute atomic E-state index is 6.78. The van der Waals surface area contributed by atoms with E-state index in [1.165, 1.54) is 47.9 Å². The maximum atomic E-state index is 6.78. The molecule has 0 radical (unpaired) electrons. The van der Waals surface area contributed by atoms with Crippen LogP contribution in [0.2, 0.25) is 0 Å². The third kappa shape index (κ3) is 5.24. The molecular formula is C52H33NOS. The van der Waals surface area contributed by atoms with E-state index in [0.717, 1.165) is 55.4 Å². The van der Waals surface area contributed by atoms with Crippen molar-refractivity contribution >= 4 is 81.3 Å². The number of para-hydroxylation sites is 1. The van der Waals surface area contributed by atoms with Crippen LogP contribution in [0.3, 0.4) is 0 Å². The quantitative estimate of drug-likeness (QED) is 0.170. The van der Waals surface area contributed by atoms with Gasteiger partial charge in [-0.2, -0.15) is 0 Å². The number of rotatable bonds is 6. The first kappa shape index (κ1) is 31.6. The lowest BCUT2D eigenvalue weighted by Crippen LogP contribution is -2.10. The average Bonchev–Trinajstić information content (AvgIpc) is 3.84. The van der Waals surface area contributed by atoms with Gasteiger partial charge in [-0.15, -0.1) is 11.3 Å². The van der Waals surface area contributed by atoms with Crippen molar-refractivity contribution in [2.24, 2.45) is 0 Å². The third-order valence-corrected chi connectivity index (χ3v) is 12.0. The van der Waals surface area contributed by atoms with E-state index in [0.29, 0.717) is 0 Å². The van der Waals surface area contributed by atoms with Crippen LogP contribution in [0.4, 0.5) is 17.1 Å². The van der Waals surface area contributed by atoms with Gasteiger partial charge in [-0.25, -0.2) is 0 Å². The van der Waals surface area contributed by atoms with Gasteiger partial charge < -0.3 is 9.32 Å². The standard InChI is InChI=1S/C52H33NOS/c1-3-13-34(14-4-1)35-25-29-38(30-26-35)53(47-22-12-24-49-50(47)44-19-9-10-23-48(44)55-49)39-31-27-37(28-32-39)45-33-46-43-21-11-20-40(36-15-5-2-6-16-36)51(43)54-52(46)42-18-8-7-17-41(42)45/h1-33H. The van der Waals surface area contributed by atoms with Gasteiger partial charge in [-0.1, -0.05) is 152 Å². The number of furan rings is 1. The zero-order valence-electron chi connectivity index (χ0n) is 29.8. The molecular weight excluding hydrogens is 687 g/mol. The Labute approximate surface area is 322 Å². The molecule has 0 unspecified atom stereocenters. The number of nitrogens with zero attached hydrogens (tertiary/aromatic N) is 1. The summed E-state index contributed by atoms with van der Waals surface area (Å²) >= 11 is 1.85. The van der Waals surface area contributed by atoms with Crippen LogP contribution < -0.4 is 4.90 Å². The lowest BCUT2D eigenvalue weighted by Gasteiger charge is -2.27. The van der Waals surface area contributed by atoms with Crippen molar-refractivity contribution in [3.63, 3.8) is 0 Å². The highest BCUT2D eigenvalue weighted by molar-refractivity contribution is 7.26. The molecule has 11 aromatic rings. The first-order valence-corrected chi connectivity index (χ1v) is 19.5. The van der Waals surface area contributed by atoms with Gasteiger partial charge in [0.1, 0.15) is 11.2 Å². The molecule has 258 valence electrons. The molecule has 0 saturated heterocycles. The highest BCUT2D eigenvalue weighted by Gasteiger charge is 2.20. The van der Waals surface area contributed by atoms with E-state index >= 15 is 0 Å². The Hall–Kier alpha value is -6.94. The zero-order chi connectivity index (χ0) is 36.3. The van der Waals surface area contributed by atoms with Crippen molar-refractivity contribution in [3.05, 3.63) is 200 Å². The van der Waals surface area contributed by atoms with Crippen LogP contribution >= 0.6 is 11.3 Å². The topological polar surface area (TPSA) is 16.4 Å². The van der Waals surface area contributed by atoms with Gasteiger partial charge in [0, 0.05) is 53.3 Å². The van der Waals surface area contributed by atoms with Gasteiger partial charge >= 0.3 is 0 Å². The van der Waals surface area contributed by atoms with E-state index < -0.39 is 0 Å². The first-order chi connectivity index (χ1) is 27.3. The van der Waals surface area contributed by atoms with E-state index in [4.69, 9.17) is 4.42 Å². The van der Waals surface area contributed by atoms with Crippen molar-refractivity contribution in [3.8, 4) is 33.4 Å². The van der Waals surface area contributed by atoms with Crippen LogP contribution in [0, 0.1) is 0 Å². The smallest absolute Gasteiger partial charge is 0.143 e. The number of fused-ring (bicyclic) bond motifs is 8. The molecule has 3 heteroatoms. The fourth-order valence-electron chi connectivity index (χ4n) is 8.30. The molecule has 11 rings (SSSR count). The van der Waals surface area contributed by atoms with Gasteiger partial charge in [0.05, 0.1) is 5.69 Å². The molecule has 0 amide bonds. The summed E-state index contributed by atoms with van der Waals surface area (Å²) in [5, 5.41) is 7.10. The van der Waals surface area contributed by atoms with E-state index in [-0.39, 0.29) is 0 Å². The lowest BCUT2D eigenvalue weighted by molar-refractivity contribution is 0.674. The van der Waals surface area contributed by atoms with E-state index in [9.17, 15) is 0 Å². The Balaban J connectivity index is 1.08. The van der Waals surface area contributed by atoms with Crippen LogP contribution in [0.15, 0.2) is 205 Å². The second kappa shape index (κ2) is 12.9. The molecule has 0 aliphatic heterocycles. The highest BCUT2D eigenvalue weighted by atomic mass is 32.1. The summed E-state index contributed by atoms with van der Waals surface area (Å²) in [6, 6.07) is 72.0. The molecule has 55 heavy (non-hydrogen) atoms. The van der Waals surface area contributed by atoms with Crippen molar-refractivity contribution < 1.29 is 4.42 Å². The minimum atomic E-state index is 0.922. The van der Waals surface area contributed by atoms with Crippen LogP contribution in [0.1, 0.15) is 0 Å². The van der Waals surface area contributed by atoms with Crippen molar-refractivity contribution in [1.29, 1.82) is 0 Å². The SMILES string of the molecule is c1ccc(-c2ccc(N(c3ccc(-c4cc5c6cccc(-c7ccccc7)c6oc5c5ccccc45)cc3)c3cccc4sc5ccccc5c34)cc2)cc1. The van der Waals surface area contributed by atoms with E-state index in [1.807, 2.05) is 11.3 Å². The molecule has 0 bridgehead atoms. The minimum Gasteiger partial charge on any atom is -0.455 e. The largest absolute Gasteiger partial charge is 0.455 e. The summed E-state index contributed by atoms with van der Waals surface area (Å²) in [5.41, 5.74) is 12.2. The first-order valence-electron chi connectivity index (χ1n) is 18.7. The van der Waals surface area contributed by atoms with Crippen LogP contribution in [0.5, 0.6) is 0 Å². The Morgan fingerprint density at radius 2 is 0.873 bits per heavy atom. The number of hydrogen-bond acceptors (Lipinski definition) is 3. The highest BCUT2D eigenvalue weighted by Crippen LogP contribution is 2.46. The molecule has 9 aromatic carbocycles. The molecule has 0 aliphatic carbocycles. The second-order valence-electron chi connectivity index (χ2n) is 14.0. The van der Waals surface area contributed by atoms with Crippen molar-refractivity contribution in [2.75, 3.05) is 4.90 Å². The molecule has 0 aliphatic rings. The van der Waals surface area contributed by atoms with Crippen molar-refractivity contribution in [1.82, 2.24) is 0 Å². The number of benzene rings is 9. The number of thiophene rings is 1. The molecule has 0 fully saturated rings. The number of anilines is 3. The fraction of sp³-hybridized carbons (Fsp3) is 0. The molecule has 0 spiro atoms. The monoisotopic (exact) mass is 719 g/mol. The van der Waals surface area contributed by atoms with Gasteiger partial charge in [0.25, 0.3) is 0 Å². The average molecular weight is 720 g/mol. The summed E-state index contributed by atoms with van der Waals surface area (Å²) < 4.78 is 9.36. The maximum Gasteiger partial charge on any atom is 0.143 e. The Morgan fingerprint density at radius 1 is 0.345 bits per heavy atom. The summed E-state index contributed by atoms with van der Waals surface area (Å²) in [6.45, 7) is 0. The molecule has 2 heterocycles. The lowest BCUT2D eigenvalue weighted by atomic mass is 9.94. The summed E-state index contributed by atoms with van der Waals surface area (Å²) in [7, 11) is 0. The van der Waals surface area contributed by atoms with Gasteiger partial charge in [0.15, 0.2) is 0 Å². The summed E-state index contributed by atoms with van der Waals surface area (Å²) in [5.74, 6) is 0. The van der Waals surface area contributed by atoms with Crippen LogP contribution in [0.25, 0.3) is 86.3 Å². The molecule has 2 nitrogen and oxygen atoms in total. The normalized spacial score (nSPS) is 11.6. The Kier molecular flexibility index (Phi) is 7.39. The Bertz CT molecular complexity index is 3180. The summed E-state index contributed by atoms with van der Waals surface area (Å²) in [6.07, 6.45) is 0. The molecule has 0 saturated carbocycles. The molecule has 0 N–H and O–H groups in total. The van der Waals surface area contributed by atoms with Gasteiger partial charge in [-0.05, 0) is 81.7 Å². The third-order valence-electron chi connectivity index (χ3n) is 10.9. The predicted octanol–water partition coefficient (Wildman–Crippen LogP) is 15.6. The van der Waals surface area contributed by atoms with E-state index in [1.54, 1.807) is 0 Å². The van der Waals surface area contributed by atoms with Crippen molar-refractivity contribution in [2.45, 2.75) is 0 Å². The molecule has 2 aromatic heterocycles. The fourth-order valence-corrected chi connectivity index (χ4v) is 9.42. The predicted molar refractivity (Wildman–Crippen MR) is 235 cm³/mol. The summed E-state index contributed by atoms with van der Waals surface area (Å²) in [4.78, 5) is 2.41. The second-order valence-corrected chi connectivity index (χ2v) is 15.1.